The standard InChI is InChI=1S/C13H17BrN4OS/c1-3-9(15)6-8-4-5-11(10(14)7-8)20-13-17-16-12(19)18(13)2/h4-5,7,9H,3,6,15H2,1-2H3,(H,16,19). The van der Waals surface area contributed by atoms with Crippen LogP contribution in [0.5, 0.6) is 0 Å². The first kappa shape index (κ1) is 15.3. The van der Waals surface area contributed by atoms with Gasteiger partial charge >= 0.3 is 5.69 Å². The number of H-pyrrole nitrogens is 1. The zero-order valence-corrected chi connectivity index (χ0v) is 13.8. The fourth-order valence-corrected chi connectivity index (χ4v) is 3.19. The van der Waals surface area contributed by atoms with Gasteiger partial charge in [0.25, 0.3) is 0 Å². The van der Waals surface area contributed by atoms with Crippen molar-refractivity contribution >= 4 is 27.7 Å². The number of nitrogens with zero attached hydrogens (tertiary/aromatic N) is 2. The van der Waals surface area contributed by atoms with Gasteiger partial charge in [0, 0.05) is 22.5 Å². The molecule has 0 radical (unpaired) electrons. The van der Waals surface area contributed by atoms with Gasteiger partial charge in [-0.1, -0.05) is 13.0 Å². The van der Waals surface area contributed by atoms with Crippen LogP contribution >= 0.6 is 27.7 Å². The van der Waals surface area contributed by atoms with Crippen LogP contribution in [-0.4, -0.2) is 20.8 Å². The molecule has 2 aromatic rings. The molecule has 0 aliphatic rings. The smallest absolute Gasteiger partial charge is 0.327 e. The molecule has 0 fully saturated rings. The third kappa shape index (κ3) is 3.53. The second-order valence-corrected chi connectivity index (χ2v) is 6.47. The van der Waals surface area contributed by atoms with E-state index in [0.717, 1.165) is 22.2 Å². The molecule has 5 nitrogen and oxygen atoms in total. The highest BCUT2D eigenvalue weighted by atomic mass is 79.9. The molecule has 20 heavy (non-hydrogen) atoms. The van der Waals surface area contributed by atoms with Crippen molar-refractivity contribution in [2.45, 2.75) is 35.9 Å². The van der Waals surface area contributed by atoms with E-state index in [4.69, 9.17) is 5.73 Å². The Labute approximate surface area is 130 Å². The monoisotopic (exact) mass is 356 g/mol. The molecule has 2 rings (SSSR count). The Kier molecular flexibility index (Phi) is 5.06. The van der Waals surface area contributed by atoms with Crippen molar-refractivity contribution in [3.63, 3.8) is 0 Å². The van der Waals surface area contributed by atoms with E-state index >= 15 is 0 Å². The Morgan fingerprint density at radius 1 is 1.55 bits per heavy atom. The summed E-state index contributed by atoms with van der Waals surface area (Å²) in [5.41, 5.74) is 6.95. The molecule has 1 aromatic carbocycles. The van der Waals surface area contributed by atoms with Crippen LogP contribution in [0.3, 0.4) is 0 Å². The number of hydrogen-bond acceptors (Lipinski definition) is 4. The van der Waals surface area contributed by atoms with E-state index in [1.165, 1.54) is 21.9 Å². The lowest BCUT2D eigenvalue weighted by atomic mass is 10.1. The first-order valence-electron chi connectivity index (χ1n) is 6.34. The average Bonchev–Trinajstić information content (AvgIpc) is 2.73. The number of rotatable bonds is 5. The van der Waals surface area contributed by atoms with E-state index in [1.54, 1.807) is 7.05 Å². The van der Waals surface area contributed by atoms with Gasteiger partial charge in [-0.15, -0.1) is 5.10 Å². The number of benzene rings is 1. The Morgan fingerprint density at radius 2 is 2.30 bits per heavy atom. The summed E-state index contributed by atoms with van der Waals surface area (Å²) in [6, 6.07) is 6.34. The zero-order valence-electron chi connectivity index (χ0n) is 11.4. The van der Waals surface area contributed by atoms with Gasteiger partial charge < -0.3 is 5.73 Å². The fourth-order valence-electron chi connectivity index (χ4n) is 1.72. The van der Waals surface area contributed by atoms with Crippen LogP contribution in [0.15, 0.2) is 37.5 Å². The van der Waals surface area contributed by atoms with Crippen LogP contribution < -0.4 is 11.4 Å². The van der Waals surface area contributed by atoms with Gasteiger partial charge in [0.15, 0.2) is 5.16 Å². The number of nitrogens with one attached hydrogen (secondary N) is 1. The molecule has 3 N–H and O–H groups in total. The Morgan fingerprint density at radius 3 is 2.85 bits per heavy atom. The third-order valence-electron chi connectivity index (χ3n) is 3.06. The van der Waals surface area contributed by atoms with Gasteiger partial charge in [0.1, 0.15) is 0 Å². The fraction of sp³-hybridized carbons (Fsp3) is 0.385. The lowest BCUT2D eigenvalue weighted by Gasteiger charge is -2.10. The van der Waals surface area contributed by atoms with Crippen molar-refractivity contribution in [1.82, 2.24) is 14.8 Å². The number of halogens is 1. The van der Waals surface area contributed by atoms with E-state index < -0.39 is 0 Å². The van der Waals surface area contributed by atoms with Gasteiger partial charge in [-0.2, -0.15) is 0 Å². The molecule has 1 heterocycles. The number of aromatic nitrogens is 3. The highest BCUT2D eigenvalue weighted by Gasteiger charge is 2.10. The van der Waals surface area contributed by atoms with Crippen LogP contribution in [-0.2, 0) is 13.5 Å². The van der Waals surface area contributed by atoms with Crippen molar-refractivity contribution in [3.05, 3.63) is 38.7 Å². The van der Waals surface area contributed by atoms with E-state index in [2.05, 4.69) is 45.2 Å². The van der Waals surface area contributed by atoms with Crippen LogP contribution in [0.25, 0.3) is 0 Å². The topological polar surface area (TPSA) is 76.7 Å². The number of nitrogens with two attached hydrogens (primary N) is 1. The highest BCUT2D eigenvalue weighted by molar-refractivity contribution is 9.10. The summed E-state index contributed by atoms with van der Waals surface area (Å²) >= 11 is 5.00. The zero-order chi connectivity index (χ0) is 14.7. The maximum Gasteiger partial charge on any atom is 0.343 e. The summed E-state index contributed by atoms with van der Waals surface area (Å²) in [5.74, 6) is 0. The van der Waals surface area contributed by atoms with E-state index in [9.17, 15) is 4.79 Å². The molecule has 1 aromatic heterocycles. The molecular weight excluding hydrogens is 340 g/mol. The van der Waals surface area contributed by atoms with E-state index in [-0.39, 0.29) is 11.7 Å². The summed E-state index contributed by atoms with van der Waals surface area (Å²) in [6.07, 6.45) is 1.82. The van der Waals surface area contributed by atoms with Gasteiger partial charge in [-0.25, -0.2) is 9.89 Å². The van der Waals surface area contributed by atoms with Crippen molar-refractivity contribution in [2.24, 2.45) is 12.8 Å². The molecule has 1 unspecified atom stereocenters. The molecule has 108 valence electrons. The predicted molar refractivity (Wildman–Crippen MR) is 84.1 cm³/mol. The summed E-state index contributed by atoms with van der Waals surface area (Å²) < 4.78 is 2.47. The lowest BCUT2D eigenvalue weighted by Crippen LogP contribution is -2.21. The maximum absolute atomic E-state index is 11.3. The maximum atomic E-state index is 11.3. The van der Waals surface area contributed by atoms with E-state index in [0.29, 0.717) is 5.16 Å². The minimum Gasteiger partial charge on any atom is -0.327 e. The highest BCUT2D eigenvalue weighted by Crippen LogP contribution is 2.32. The van der Waals surface area contributed by atoms with Crippen molar-refractivity contribution in [1.29, 1.82) is 0 Å². The molecular formula is C13H17BrN4OS. The molecule has 0 aliphatic carbocycles. The molecule has 0 saturated heterocycles. The summed E-state index contributed by atoms with van der Waals surface area (Å²) in [7, 11) is 1.69. The summed E-state index contributed by atoms with van der Waals surface area (Å²) in [4.78, 5) is 12.3. The van der Waals surface area contributed by atoms with Crippen molar-refractivity contribution in [2.75, 3.05) is 0 Å². The van der Waals surface area contributed by atoms with Gasteiger partial charge in [0.05, 0.1) is 0 Å². The minimum atomic E-state index is -0.214. The molecule has 0 aliphatic heterocycles. The first-order valence-corrected chi connectivity index (χ1v) is 7.95. The lowest BCUT2D eigenvalue weighted by molar-refractivity contribution is 0.646. The Hall–Kier alpha value is -1.05. The van der Waals surface area contributed by atoms with Gasteiger partial charge in [0.2, 0.25) is 0 Å². The minimum absolute atomic E-state index is 0.188. The SMILES string of the molecule is CCC(N)Cc1ccc(Sc2n[nH]c(=O)n2C)c(Br)c1. The predicted octanol–water partition coefficient (Wildman–Crippen LogP) is 2.30. The van der Waals surface area contributed by atoms with Gasteiger partial charge in [-0.3, -0.25) is 4.57 Å². The molecule has 0 spiro atoms. The van der Waals surface area contributed by atoms with Gasteiger partial charge in [-0.05, 0) is 58.2 Å². The Balaban J connectivity index is 2.18. The largest absolute Gasteiger partial charge is 0.343 e. The third-order valence-corrected chi connectivity index (χ3v) is 5.10. The normalized spacial score (nSPS) is 12.6. The molecule has 0 saturated carbocycles. The van der Waals surface area contributed by atoms with Crippen molar-refractivity contribution < 1.29 is 0 Å². The Bertz CT molecular complexity index is 652. The number of aromatic amines is 1. The van der Waals surface area contributed by atoms with Crippen LogP contribution in [0.1, 0.15) is 18.9 Å². The van der Waals surface area contributed by atoms with Crippen molar-refractivity contribution in [3.8, 4) is 0 Å². The van der Waals surface area contributed by atoms with E-state index in [1.807, 2.05) is 6.07 Å². The quantitative estimate of drug-likeness (QED) is 0.861. The molecule has 7 heteroatoms. The van der Waals surface area contributed by atoms with Crippen LogP contribution in [0.4, 0.5) is 0 Å². The molecule has 1 atom stereocenters. The summed E-state index contributed by atoms with van der Waals surface area (Å²) in [6.45, 7) is 2.09. The molecule has 0 bridgehead atoms. The second kappa shape index (κ2) is 6.60. The first-order chi connectivity index (χ1) is 9.51. The van der Waals surface area contributed by atoms with Crippen LogP contribution in [0, 0.1) is 0 Å². The second-order valence-electron chi connectivity index (χ2n) is 4.61. The summed E-state index contributed by atoms with van der Waals surface area (Å²) in [5, 5.41) is 7.04. The molecule has 0 amide bonds. The van der Waals surface area contributed by atoms with Crippen LogP contribution in [0.2, 0.25) is 0 Å². The average molecular weight is 357 g/mol. The number of hydrogen-bond donors (Lipinski definition) is 2.